The molecule has 0 aromatic rings. The summed E-state index contributed by atoms with van der Waals surface area (Å²) in [6.07, 6.45) is 1.05. The van der Waals surface area contributed by atoms with E-state index in [1.54, 1.807) is 0 Å². The Morgan fingerprint density at radius 1 is 1.15 bits per heavy atom. The summed E-state index contributed by atoms with van der Waals surface area (Å²) in [5.74, 6) is 0.629. The molecular weight excluding hydrogens is 166 g/mol. The summed E-state index contributed by atoms with van der Waals surface area (Å²) in [6.45, 7) is 8.14. The summed E-state index contributed by atoms with van der Waals surface area (Å²) in [5.41, 5.74) is -0.547. The zero-order valence-corrected chi connectivity index (χ0v) is 9.17. The molecule has 80 valence electrons. The zero-order valence-electron chi connectivity index (χ0n) is 9.17. The number of hydrogen-bond acceptors (Lipinski definition) is 3. The van der Waals surface area contributed by atoms with E-state index >= 15 is 0 Å². The summed E-state index contributed by atoms with van der Waals surface area (Å²) in [7, 11) is 0. The van der Waals surface area contributed by atoms with Gasteiger partial charge in [-0.1, -0.05) is 13.8 Å². The fourth-order valence-corrected chi connectivity index (χ4v) is 1.50. The van der Waals surface area contributed by atoms with Crippen molar-refractivity contribution in [1.82, 2.24) is 5.32 Å². The second-order valence-corrected chi connectivity index (χ2v) is 4.55. The van der Waals surface area contributed by atoms with Crippen LogP contribution in [-0.2, 0) is 0 Å². The molecule has 0 aromatic carbocycles. The van der Waals surface area contributed by atoms with E-state index in [4.69, 9.17) is 10.2 Å². The normalized spacial score (nSPS) is 15.0. The van der Waals surface area contributed by atoms with E-state index in [1.807, 2.05) is 6.92 Å². The summed E-state index contributed by atoms with van der Waals surface area (Å²) in [6, 6.07) is 0.323. The van der Waals surface area contributed by atoms with Crippen molar-refractivity contribution in [3.63, 3.8) is 0 Å². The molecular formula is C10H23NO2. The van der Waals surface area contributed by atoms with Crippen LogP contribution in [0.5, 0.6) is 0 Å². The highest BCUT2D eigenvalue weighted by atomic mass is 16.3. The first kappa shape index (κ1) is 12.9. The predicted octanol–water partition coefficient (Wildman–Crippen LogP) is 0.754. The van der Waals surface area contributed by atoms with E-state index < -0.39 is 5.54 Å². The van der Waals surface area contributed by atoms with Gasteiger partial charge in [0.25, 0.3) is 0 Å². The number of hydrogen-bond donors (Lipinski definition) is 3. The second-order valence-electron chi connectivity index (χ2n) is 4.55. The quantitative estimate of drug-likeness (QED) is 0.578. The molecule has 3 nitrogen and oxygen atoms in total. The fourth-order valence-electron chi connectivity index (χ4n) is 1.50. The van der Waals surface area contributed by atoms with Crippen LogP contribution in [0.15, 0.2) is 0 Å². The minimum absolute atomic E-state index is 0.0358. The van der Waals surface area contributed by atoms with Gasteiger partial charge in [0.05, 0.1) is 18.8 Å². The lowest BCUT2D eigenvalue weighted by molar-refractivity contribution is 0.0931. The van der Waals surface area contributed by atoms with Crippen LogP contribution in [0.25, 0.3) is 0 Å². The Labute approximate surface area is 81.2 Å². The lowest BCUT2D eigenvalue weighted by atomic mass is 9.99. The average molecular weight is 189 g/mol. The van der Waals surface area contributed by atoms with Gasteiger partial charge in [-0.05, 0) is 26.2 Å². The monoisotopic (exact) mass is 189 g/mol. The molecule has 0 fully saturated rings. The Hall–Kier alpha value is -0.120. The molecule has 0 aliphatic rings. The molecule has 0 spiro atoms. The maximum Gasteiger partial charge on any atom is 0.0633 e. The number of aliphatic hydroxyl groups is 2. The highest BCUT2D eigenvalue weighted by Gasteiger charge is 2.23. The molecule has 0 rings (SSSR count). The maximum absolute atomic E-state index is 9.05. The SMILES string of the molecule is CC(C)CC(C)NC(C)(CO)CO. The summed E-state index contributed by atoms with van der Waals surface area (Å²) in [4.78, 5) is 0. The molecule has 13 heavy (non-hydrogen) atoms. The third-order valence-corrected chi connectivity index (χ3v) is 2.12. The second kappa shape index (κ2) is 5.58. The lowest BCUT2D eigenvalue weighted by Crippen LogP contribution is -2.52. The molecule has 3 N–H and O–H groups in total. The molecule has 1 unspecified atom stereocenters. The van der Waals surface area contributed by atoms with Crippen molar-refractivity contribution in [1.29, 1.82) is 0 Å². The van der Waals surface area contributed by atoms with Crippen molar-refractivity contribution in [2.24, 2.45) is 5.92 Å². The Morgan fingerprint density at radius 2 is 1.62 bits per heavy atom. The van der Waals surface area contributed by atoms with E-state index in [0.29, 0.717) is 12.0 Å². The topological polar surface area (TPSA) is 52.5 Å². The van der Waals surface area contributed by atoms with Gasteiger partial charge in [0.15, 0.2) is 0 Å². The molecule has 3 heteroatoms. The zero-order chi connectivity index (χ0) is 10.5. The molecule has 0 aromatic heterocycles. The maximum atomic E-state index is 9.05. The molecule has 0 heterocycles. The minimum Gasteiger partial charge on any atom is -0.394 e. The van der Waals surface area contributed by atoms with E-state index in [2.05, 4.69) is 26.1 Å². The van der Waals surface area contributed by atoms with Crippen LogP contribution in [0, 0.1) is 5.92 Å². The van der Waals surface area contributed by atoms with Gasteiger partial charge in [0.1, 0.15) is 0 Å². The molecule has 0 aliphatic heterocycles. The van der Waals surface area contributed by atoms with Crippen LogP contribution >= 0.6 is 0 Å². The molecule has 0 saturated carbocycles. The van der Waals surface area contributed by atoms with Crippen molar-refractivity contribution in [2.75, 3.05) is 13.2 Å². The van der Waals surface area contributed by atoms with Crippen LogP contribution in [-0.4, -0.2) is 35.0 Å². The molecule has 1 atom stereocenters. The fraction of sp³-hybridized carbons (Fsp3) is 1.00. The van der Waals surface area contributed by atoms with Crippen molar-refractivity contribution >= 4 is 0 Å². The predicted molar refractivity (Wildman–Crippen MR) is 54.6 cm³/mol. The summed E-state index contributed by atoms with van der Waals surface area (Å²) < 4.78 is 0. The first-order chi connectivity index (χ1) is 5.93. The van der Waals surface area contributed by atoms with Crippen molar-refractivity contribution in [3.8, 4) is 0 Å². The lowest BCUT2D eigenvalue weighted by Gasteiger charge is -2.31. The summed E-state index contributed by atoms with van der Waals surface area (Å²) in [5, 5.41) is 21.3. The van der Waals surface area contributed by atoms with Gasteiger partial charge in [0.2, 0.25) is 0 Å². The molecule has 0 saturated heterocycles. The largest absolute Gasteiger partial charge is 0.394 e. The number of aliphatic hydroxyl groups excluding tert-OH is 2. The van der Waals surface area contributed by atoms with Gasteiger partial charge in [0, 0.05) is 6.04 Å². The van der Waals surface area contributed by atoms with Gasteiger partial charge in [-0.2, -0.15) is 0 Å². The van der Waals surface area contributed by atoms with Gasteiger partial charge in [-0.3, -0.25) is 0 Å². The van der Waals surface area contributed by atoms with E-state index in [9.17, 15) is 0 Å². The van der Waals surface area contributed by atoms with Gasteiger partial charge in [-0.25, -0.2) is 0 Å². The van der Waals surface area contributed by atoms with Crippen molar-refractivity contribution < 1.29 is 10.2 Å². The van der Waals surface area contributed by atoms with Gasteiger partial charge < -0.3 is 15.5 Å². The highest BCUT2D eigenvalue weighted by molar-refractivity contribution is 4.84. The Bertz CT molecular complexity index is 133. The Morgan fingerprint density at radius 3 is 1.92 bits per heavy atom. The average Bonchev–Trinajstić information content (AvgIpc) is 2.02. The van der Waals surface area contributed by atoms with E-state index in [-0.39, 0.29) is 13.2 Å². The third-order valence-electron chi connectivity index (χ3n) is 2.12. The van der Waals surface area contributed by atoms with E-state index in [0.717, 1.165) is 6.42 Å². The summed E-state index contributed by atoms with van der Waals surface area (Å²) >= 11 is 0. The molecule has 0 amide bonds. The van der Waals surface area contributed by atoms with Crippen LogP contribution in [0.4, 0.5) is 0 Å². The standard InChI is InChI=1S/C10H23NO2/c1-8(2)5-9(3)11-10(4,6-12)7-13/h8-9,11-13H,5-7H2,1-4H3. The minimum atomic E-state index is -0.547. The number of nitrogens with one attached hydrogen (secondary N) is 1. The van der Waals surface area contributed by atoms with Gasteiger partial charge >= 0.3 is 0 Å². The molecule has 0 bridgehead atoms. The van der Waals surface area contributed by atoms with Crippen LogP contribution in [0.3, 0.4) is 0 Å². The molecule has 0 radical (unpaired) electrons. The third kappa shape index (κ3) is 5.24. The van der Waals surface area contributed by atoms with Crippen LogP contribution in [0.2, 0.25) is 0 Å². The van der Waals surface area contributed by atoms with Crippen molar-refractivity contribution in [3.05, 3.63) is 0 Å². The Balaban J connectivity index is 3.94. The molecule has 0 aliphatic carbocycles. The van der Waals surface area contributed by atoms with Crippen LogP contribution < -0.4 is 5.32 Å². The van der Waals surface area contributed by atoms with E-state index in [1.165, 1.54) is 0 Å². The Kier molecular flexibility index (Phi) is 5.53. The first-order valence-corrected chi connectivity index (χ1v) is 4.93. The smallest absolute Gasteiger partial charge is 0.0633 e. The van der Waals surface area contributed by atoms with Gasteiger partial charge in [-0.15, -0.1) is 0 Å². The van der Waals surface area contributed by atoms with Crippen LogP contribution in [0.1, 0.15) is 34.1 Å². The number of rotatable bonds is 6. The first-order valence-electron chi connectivity index (χ1n) is 4.93. The highest BCUT2D eigenvalue weighted by Crippen LogP contribution is 2.09. The van der Waals surface area contributed by atoms with Crippen molar-refractivity contribution in [2.45, 2.75) is 45.7 Å².